The molecule has 0 unspecified atom stereocenters. The van der Waals surface area contributed by atoms with E-state index in [-0.39, 0.29) is 11.4 Å². The zero-order valence-corrected chi connectivity index (χ0v) is 11.8. The van der Waals surface area contributed by atoms with Crippen molar-refractivity contribution in [2.45, 2.75) is 18.4 Å². The first kappa shape index (κ1) is 13.9. The molecule has 0 saturated heterocycles. The maximum Gasteiger partial charge on any atom is 0.263 e. The molecule has 102 valence electrons. The van der Waals surface area contributed by atoms with E-state index in [1.807, 2.05) is 0 Å². The molecule has 1 aromatic carbocycles. The van der Waals surface area contributed by atoms with Crippen molar-refractivity contribution in [2.75, 3.05) is 4.72 Å². The summed E-state index contributed by atoms with van der Waals surface area (Å²) in [5.74, 6) is 0. The maximum absolute atomic E-state index is 12.2. The fourth-order valence-corrected chi connectivity index (χ4v) is 2.91. The van der Waals surface area contributed by atoms with E-state index in [2.05, 4.69) is 9.71 Å². The van der Waals surface area contributed by atoms with Crippen molar-refractivity contribution in [3.8, 4) is 0 Å². The van der Waals surface area contributed by atoms with E-state index in [1.54, 1.807) is 25.1 Å². The fourth-order valence-electron chi connectivity index (χ4n) is 1.60. The van der Waals surface area contributed by atoms with Gasteiger partial charge in [0.15, 0.2) is 0 Å². The van der Waals surface area contributed by atoms with Crippen LogP contribution in [0.4, 0.5) is 5.69 Å². The van der Waals surface area contributed by atoms with Crippen LogP contribution in [0.25, 0.3) is 0 Å². The SMILES string of the molecule is Cc1ccc(Cl)cc1NS(=O)(=O)c1c[nH]c(CN)c1. The molecule has 0 saturated carbocycles. The van der Waals surface area contributed by atoms with Crippen molar-refractivity contribution in [1.82, 2.24) is 4.98 Å². The Labute approximate surface area is 116 Å². The van der Waals surface area contributed by atoms with Gasteiger partial charge in [0.25, 0.3) is 10.0 Å². The second-order valence-electron chi connectivity index (χ2n) is 4.13. The maximum atomic E-state index is 12.2. The molecule has 0 bridgehead atoms. The van der Waals surface area contributed by atoms with Gasteiger partial charge in [-0.3, -0.25) is 4.72 Å². The third kappa shape index (κ3) is 3.09. The number of nitrogens with two attached hydrogens (primary N) is 1. The summed E-state index contributed by atoms with van der Waals surface area (Å²) in [6.07, 6.45) is 1.41. The monoisotopic (exact) mass is 299 g/mol. The van der Waals surface area contributed by atoms with E-state index < -0.39 is 10.0 Å². The number of aromatic nitrogens is 1. The number of aromatic amines is 1. The number of anilines is 1. The number of aryl methyl sites for hydroxylation is 1. The fraction of sp³-hybridized carbons (Fsp3) is 0.167. The van der Waals surface area contributed by atoms with E-state index >= 15 is 0 Å². The lowest BCUT2D eigenvalue weighted by Gasteiger charge is -2.09. The van der Waals surface area contributed by atoms with Crippen LogP contribution in [0.5, 0.6) is 0 Å². The molecule has 0 atom stereocenters. The van der Waals surface area contributed by atoms with Crippen LogP contribution in [-0.2, 0) is 16.6 Å². The Morgan fingerprint density at radius 2 is 2.11 bits per heavy atom. The molecule has 4 N–H and O–H groups in total. The molecule has 0 aliphatic heterocycles. The van der Waals surface area contributed by atoms with Gasteiger partial charge in [0.05, 0.1) is 5.69 Å². The molecule has 5 nitrogen and oxygen atoms in total. The lowest BCUT2D eigenvalue weighted by atomic mass is 10.2. The van der Waals surface area contributed by atoms with Gasteiger partial charge >= 0.3 is 0 Å². The molecule has 2 rings (SSSR count). The van der Waals surface area contributed by atoms with Gasteiger partial charge in [-0.15, -0.1) is 0 Å². The Bertz CT molecular complexity index is 695. The number of nitrogens with one attached hydrogen (secondary N) is 2. The summed E-state index contributed by atoms with van der Waals surface area (Å²) < 4.78 is 26.9. The van der Waals surface area contributed by atoms with E-state index in [1.165, 1.54) is 12.3 Å². The molecular weight excluding hydrogens is 286 g/mol. The zero-order chi connectivity index (χ0) is 14.0. The number of hydrogen-bond donors (Lipinski definition) is 3. The van der Waals surface area contributed by atoms with Crippen molar-refractivity contribution in [2.24, 2.45) is 5.73 Å². The summed E-state index contributed by atoms with van der Waals surface area (Å²) in [5, 5.41) is 0.472. The van der Waals surface area contributed by atoms with E-state index in [9.17, 15) is 8.42 Å². The van der Waals surface area contributed by atoms with Gasteiger partial charge in [-0.05, 0) is 30.7 Å². The van der Waals surface area contributed by atoms with E-state index in [4.69, 9.17) is 17.3 Å². The van der Waals surface area contributed by atoms with Crippen molar-refractivity contribution in [3.63, 3.8) is 0 Å². The lowest BCUT2D eigenvalue weighted by Crippen LogP contribution is -2.13. The molecule has 1 aromatic heterocycles. The molecule has 2 aromatic rings. The third-order valence-electron chi connectivity index (χ3n) is 2.69. The van der Waals surface area contributed by atoms with Gasteiger partial charge in [-0.25, -0.2) is 8.42 Å². The molecule has 0 radical (unpaired) electrons. The van der Waals surface area contributed by atoms with E-state index in [0.29, 0.717) is 16.4 Å². The Kier molecular flexibility index (Phi) is 3.84. The van der Waals surface area contributed by atoms with Crippen LogP contribution in [0.2, 0.25) is 5.02 Å². The minimum absolute atomic E-state index is 0.146. The molecule has 19 heavy (non-hydrogen) atoms. The number of sulfonamides is 1. The topological polar surface area (TPSA) is 88.0 Å². The van der Waals surface area contributed by atoms with Gasteiger partial charge in [0.2, 0.25) is 0 Å². The summed E-state index contributed by atoms with van der Waals surface area (Å²) in [5.41, 5.74) is 7.35. The highest BCUT2D eigenvalue weighted by molar-refractivity contribution is 7.92. The van der Waals surface area contributed by atoms with Crippen molar-refractivity contribution in [1.29, 1.82) is 0 Å². The number of rotatable bonds is 4. The first-order chi connectivity index (χ1) is 8.92. The van der Waals surface area contributed by atoms with E-state index in [0.717, 1.165) is 5.56 Å². The lowest BCUT2D eigenvalue weighted by molar-refractivity contribution is 0.601. The highest BCUT2D eigenvalue weighted by atomic mass is 35.5. The average molecular weight is 300 g/mol. The van der Waals surface area contributed by atoms with Crippen molar-refractivity contribution < 1.29 is 8.42 Å². The molecule has 0 amide bonds. The average Bonchev–Trinajstić information content (AvgIpc) is 2.83. The van der Waals surface area contributed by atoms with Gasteiger partial charge in [-0.1, -0.05) is 17.7 Å². The predicted molar refractivity (Wildman–Crippen MR) is 75.7 cm³/mol. The van der Waals surface area contributed by atoms with Crippen LogP contribution < -0.4 is 10.5 Å². The van der Waals surface area contributed by atoms with Gasteiger partial charge in [-0.2, -0.15) is 0 Å². The molecule has 0 aliphatic carbocycles. The van der Waals surface area contributed by atoms with Crippen LogP contribution >= 0.6 is 11.6 Å². The van der Waals surface area contributed by atoms with Crippen LogP contribution in [0.3, 0.4) is 0 Å². The first-order valence-electron chi connectivity index (χ1n) is 5.59. The smallest absolute Gasteiger partial charge is 0.263 e. The summed E-state index contributed by atoms with van der Waals surface area (Å²) in [7, 11) is -3.64. The predicted octanol–water partition coefficient (Wildman–Crippen LogP) is 2.24. The number of halogens is 1. The summed E-state index contributed by atoms with van der Waals surface area (Å²) in [6.45, 7) is 2.06. The second-order valence-corrected chi connectivity index (χ2v) is 6.25. The molecule has 1 heterocycles. The molecule has 0 spiro atoms. The molecule has 7 heteroatoms. The largest absolute Gasteiger partial charge is 0.363 e. The molecular formula is C12H14ClN3O2S. The Hall–Kier alpha value is -1.50. The quantitative estimate of drug-likeness (QED) is 0.809. The van der Waals surface area contributed by atoms with Crippen LogP contribution in [0, 0.1) is 6.92 Å². The van der Waals surface area contributed by atoms with Crippen LogP contribution in [0.1, 0.15) is 11.3 Å². The van der Waals surface area contributed by atoms with Gasteiger partial charge in [0.1, 0.15) is 4.90 Å². The second kappa shape index (κ2) is 5.24. The van der Waals surface area contributed by atoms with Crippen molar-refractivity contribution >= 4 is 27.3 Å². The highest BCUT2D eigenvalue weighted by Crippen LogP contribution is 2.23. The Balaban J connectivity index is 2.33. The number of H-pyrrole nitrogens is 1. The summed E-state index contributed by atoms with van der Waals surface area (Å²) in [6, 6.07) is 6.53. The molecule has 0 fully saturated rings. The molecule has 0 aliphatic rings. The minimum Gasteiger partial charge on any atom is -0.363 e. The first-order valence-corrected chi connectivity index (χ1v) is 7.45. The van der Waals surface area contributed by atoms with Crippen LogP contribution in [0.15, 0.2) is 35.4 Å². The van der Waals surface area contributed by atoms with Gasteiger partial charge < -0.3 is 10.7 Å². The highest BCUT2D eigenvalue weighted by Gasteiger charge is 2.17. The number of hydrogen-bond acceptors (Lipinski definition) is 3. The number of benzene rings is 1. The minimum atomic E-state index is -3.64. The van der Waals surface area contributed by atoms with Crippen molar-refractivity contribution in [3.05, 3.63) is 46.7 Å². The standard InChI is InChI=1S/C12H14ClN3O2S/c1-8-2-3-9(13)4-12(8)16-19(17,18)11-5-10(6-14)15-7-11/h2-5,7,15-16H,6,14H2,1H3. The Morgan fingerprint density at radius 3 is 2.74 bits per heavy atom. The van der Waals surface area contributed by atoms with Gasteiger partial charge in [0, 0.05) is 23.5 Å². The summed E-state index contributed by atoms with van der Waals surface area (Å²) in [4.78, 5) is 2.95. The zero-order valence-electron chi connectivity index (χ0n) is 10.3. The normalized spacial score (nSPS) is 11.5. The Morgan fingerprint density at radius 1 is 1.37 bits per heavy atom. The van der Waals surface area contributed by atoms with Crippen LogP contribution in [-0.4, -0.2) is 13.4 Å². The third-order valence-corrected chi connectivity index (χ3v) is 4.27. The summed E-state index contributed by atoms with van der Waals surface area (Å²) >= 11 is 5.86.